The van der Waals surface area contributed by atoms with E-state index < -0.39 is 0 Å². The lowest BCUT2D eigenvalue weighted by molar-refractivity contribution is 0.197. The zero-order valence-electron chi connectivity index (χ0n) is 13.7. The van der Waals surface area contributed by atoms with E-state index in [4.69, 9.17) is 0 Å². The van der Waals surface area contributed by atoms with Gasteiger partial charge in [-0.05, 0) is 68.2 Å². The maximum Gasteiger partial charge on any atom is 0.0767 e. The third-order valence-electron chi connectivity index (χ3n) is 4.38. The largest absolute Gasteiger partial charge is 0.308 e. The number of halogens is 1. The lowest BCUT2D eigenvalue weighted by Gasteiger charge is -2.32. The van der Waals surface area contributed by atoms with Crippen LogP contribution in [-0.4, -0.2) is 40.4 Å². The van der Waals surface area contributed by atoms with Gasteiger partial charge in [-0.25, -0.2) is 0 Å². The van der Waals surface area contributed by atoms with E-state index in [1.807, 2.05) is 0 Å². The molecular formula is C16H29BrN4. The molecule has 0 spiro atoms. The van der Waals surface area contributed by atoms with Crippen molar-refractivity contribution in [3.05, 3.63) is 15.9 Å². The number of nitrogens with one attached hydrogen (secondary N) is 1. The van der Waals surface area contributed by atoms with Crippen LogP contribution >= 0.6 is 15.9 Å². The van der Waals surface area contributed by atoms with Crippen molar-refractivity contribution < 1.29 is 0 Å². The summed E-state index contributed by atoms with van der Waals surface area (Å²) in [7, 11) is 0. The summed E-state index contributed by atoms with van der Waals surface area (Å²) in [5.41, 5.74) is 2.47. The first-order chi connectivity index (χ1) is 10.2. The first kappa shape index (κ1) is 17.0. The minimum Gasteiger partial charge on any atom is -0.308 e. The van der Waals surface area contributed by atoms with Crippen molar-refractivity contribution in [2.75, 3.05) is 19.6 Å². The summed E-state index contributed by atoms with van der Waals surface area (Å²) in [6, 6.07) is 0.648. The van der Waals surface area contributed by atoms with Crippen LogP contribution in [0.5, 0.6) is 0 Å². The molecule has 0 amide bonds. The van der Waals surface area contributed by atoms with Crippen LogP contribution in [0.2, 0.25) is 0 Å². The monoisotopic (exact) mass is 356 g/mol. The molecule has 2 heterocycles. The Morgan fingerprint density at radius 3 is 2.52 bits per heavy atom. The molecule has 1 aliphatic rings. The fourth-order valence-corrected chi connectivity index (χ4v) is 3.81. The van der Waals surface area contributed by atoms with E-state index in [2.05, 4.69) is 56.7 Å². The van der Waals surface area contributed by atoms with Crippen LogP contribution in [0.4, 0.5) is 0 Å². The maximum absolute atomic E-state index is 4.67. The molecule has 120 valence electrons. The van der Waals surface area contributed by atoms with Crippen molar-refractivity contribution >= 4 is 15.9 Å². The molecule has 2 rings (SSSR count). The van der Waals surface area contributed by atoms with Gasteiger partial charge in [-0.1, -0.05) is 13.8 Å². The van der Waals surface area contributed by atoms with Crippen molar-refractivity contribution in [3.63, 3.8) is 0 Å². The van der Waals surface area contributed by atoms with Crippen LogP contribution in [0, 0.1) is 0 Å². The molecule has 0 aliphatic carbocycles. The van der Waals surface area contributed by atoms with Gasteiger partial charge in [0.15, 0.2) is 0 Å². The summed E-state index contributed by atoms with van der Waals surface area (Å²) < 4.78 is 3.32. The average molecular weight is 357 g/mol. The first-order valence-electron chi connectivity index (χ1n) is 8.39. The summed E-state index contributed by atoms with van der Waals surface area (Å²) in [4.78, 5) is 2.58. The van der Waals surface area contributed by atoms with Crippen LogP contribution in [0.15, 0.2) is 4.47 Å². The third-order valence-corrected chi connectivity index (χ3v) is 5.30. The lowest BCUT2D eigenvalue weighted by atomic mass is 10.0. The highest BCUT2D eigenvalue weighted by Crippen LogP contribution is 2.22. The van der Waals surface area contributed by atoms with Gasteiger partial charge in [-0.2, -0.15) is 5.10 Å². The van der Waals surface area contributed by atoms with Crippen molar-refractivity contribution in [2.45, 2.75) is 65.6 Å². The molecule has 0 saturated carbocycles. The molecular weight excluding hydrogens is 328 g/mol. The number of hydrogen-bond donors (Lipinski definition) is 1. The van der Waals surface area contributed by atoms with E-state index >= 15 is 0 Å². The number of aryl methyl sites for hydroxylation is 2. The molecule has 0 unspecified atom stereocenters. The molecule has 1 N–H and O–H groups in total. The van der Waals surface area contributed by atoms with Crippen LogP contribution in [-0.2, 0) is 19.5 Å². The minimum atomic E-state index is 0.648. The molecule has 4 nitrogen and oxygen atoms in total. The molecule has 1 aromatic rings. The van der Waals surface area contributed by atoms with Crippen molar-refractivity contribution in [1.82, 2.24) is 20.0 Å². The Balaban J connectivity index is 1.88. The number of nitrogens with zero attached hydrogens (tertiary/aromatic N) is 3. The average Bonchev–Trinajstić information content (AvgIpc) is 2.82. The van der Waals surface area contributed by atoms with E-state index in [9.17, 15) is 0 Å². The Morgan fingerprint density at radius 1 is 1.24 bits per heavy atom. The van der Waals surface area contributed by atoms with Crippen molar-refractivity contribution in [2.24, 2.45) is 0 Å². The van der Waals surface area contributed by atoms with Gasteiger partial charge in [-0.3, -0.25) is 4.68 Å². The van der Waals surface area contributed by atoms with Gasteiger partial charge in [0.05, 0.1) is 15.9 Å². The maximum atomic E-state index is 4.67. The number of hydrogen-bond acceptors (Lipinski definition) is 3. The molecule has 0 aromatic carbocycles. The summed E-state index contributed by atoms with van der Waals surface area (Å²) >= 11 is 3.73. The van der Waals surface area contributed by atoms with Crippen LogP contribution in [0.3, 0.4) is 0 Å². The fraction of sp³-hybridized carbons (Fsp3) is 0.812. The quantitative estimate of drug-likeness (QED) is 0.814. The van der Waals surface area contributed by atoms with E-state index in [0.717, 1.165) is 19.5 Å². The molecule has 0 atom stereocenters. The van der Waals surface area contributed by atoms with Gasteiger partial charge < -0.3 is 10.2 Å². The normalized spacial score (nSPS) is 17.5. The van der Waals surface area contributed by atoms with E-state index in [0.29, 0.717) is 6.04 Å². The second-order valence-corrected chi connectivity index (χ2v) is 6.67. The van der Waals surface area contributed by atoms with E-state index in [1.165, 1.54) is 54.8 Å². The van der Waals surface area contributed by atoms with Crippen molar-refractivity contribution in [3.8, 4) is 0 Å². The summed E-state index contributed by atoms with van der Waals surface area (Å²) in [5, 5.41) is 8.40. The van der Waals surface area contributed by atoms with Gasteiger partial charge in [0, 0.05) is 19.1 Å². The predicted octanol–water partition coefficient (Wildman–Crippen LogP) is 3.19. The highest BCUT2D eigenvalue weighted by Gasteiger charge is 2.20. The predicted molar refractivity (Wildman–Crippen MR) is 91.6 cm³/mol. The third kappa shape index (κ3) is 4.30. The Bertz CT molecular complexity index is 436. The molecule has 1 fully saturated rings. The van der Waals surface area contributed by atoms with Crippen molar-refractivity contribution in [1.29, 1.82) is 0 Å². The highest BCUT2D eigenvalue weighted by atomic mass is 79.9. The zero-order chi connectivity index (χ0) is 15.2. The van der Waals surface area contributed by atoms with Gasteiger partial charge in [0.25, 0.3) is 0 Å². The summed E-state index contributed by atoms with van der Waals surface area (Å²) in [5.74, 6) is 0. The minimum absolute atomic E-state index is 0.648. The Kier molecular flexibility index (Phi) is 6.71. The Morgan fingerprint density at radius 2 is 1.95 bits per heavy atom. The summed E-state index contributed by atoms with van der Waals surface area (Å²) in [6.45, 7) is 12.2. The molecule has 5 heteroatoms. The first-order valence-corrected chi connectivity index (χ1v) is 9.18. The van der Waals surface area contributed by atoms with Gasteiger partial charge in [0.1, 0.15) is 0 Å². The lowest BCUT2D eigenvalue weighted by Crippen LogP contribution is -2.42. The molecule has 1 saturated heterocycles. The number of likely N-dealkylation sites (tertiary alicyclic amines) is 1. The summed E-state index contributed by atoms with van der Waals surface area (Å²) in [6.07, 6.45) is 4.77. The number of piperidine rings is 1. The molecule has 21 heavy (non-hydrogen) atoms. The topological polar surface area (TPSA) is 33.1 Å². The fourth-order valence-electron chi connectivity index (χ4n) is 3.10. The molecule has 0 bridgehead atoms. The van der Waals surface area contributed by atoms with Gasteiger partial charge in [0.2, 0.25) is 0 Å². The van der Waals surface area contributed by atoms with E-state index in [1.54, 1.807) is 0 Å². The Hall–Kier alpha value is -0.390. The number of aromatic nitrogens is 2. The molecule has 0 radical (unpaired) electrons. The molecule has 1 aromatic heterocycles. The SMILES string of the molecule is CCCN1CCC(NCc2c(Br)c(CC)nn2CC)CC1. The number of rotatable bonds is 7. The second-order valence-electron chi connectivity index (χ2n) is 5.87. The van der Waals surface area contributed by atoms with Crippen LogP contribution < -0.4 is 5.32 Å². The second kappa shape index (κ2) is 8.30. The van der Waals surface area contributed by atoms with Crippen LogP contribution in [0.1, 0.15) is 51.4 Å². The van der Waals surface area contributed by atoms with E-state index in [-0.39, 0.29) is 0 Å². The van der Waals surface area contributed by atoms with Gasteiger partial charge >= 0.3 is 0 Å². The van der Waals surface area contributed by atoms with Gasteiger partial charge in [-0.15, -0.1) is 0 Å². The smallest absolute Gasteiger partial charge is 0.0767 e. The van der Waals surface area contributed by atoms with Crippen LogP contribution in [0.25, 0.3) is 0 Å². The Labute approximate surface area is 137 Å². The zero-order valence-corrected chi connectivity index (χ0v) is 15.2. The standard InChI is InChI=1S/C16H29BrN4/c1-4-9-20-10-7-13(8-11-20)18-12-15-16(17)14(5-2)19-21(15)6-3/h13,18H,4-12H2,1-3H3. The molecule has 1 aliphatic heterocycles. The highest BCUT2D eigenvalue weighted by molar-refractivity contribution is 9.10.